The zero-order valence-corrected chi connectivity index (χ0v) is 21.1. The summed E-state index contributed by atoms with van der Waals surface area (Å²) in [6.07, 6.45) is 2.13. The molecule has 3 heterocycles. The summed E-state index contributed by atoms with van der Waals surface area (Å²) in [5.74, 6) is -0.176. The van der Waals surface area contributed by atoms with Gasteiger partial charge in [-0.1, -0.05) is 18.2 Å². The summed E-state index contributed by atoms with van der Waals surface area (Å²) in [6, 6.07) is 11.4. The van der Waals surface area contributed by atoms with E-state index in [2.05, 4.69) is 46.3 Å². The molecule has 0 radical (unpaired) electrons. The van der Waals surface area contributed by atoms with Crippen LogP contribution in [0.25, 0.3) is 0 Å². The van der Waals surface area contributed by atoms with Gasteiger partial charge in [-0.15, -0.1) is 11.3 Å². The number of amides is 1. The van der Waals surface area contributed by atoms with Gasteiger partial charge in [-0.2, -0.15) is 4.31 Å². The number of hydrogen-bond acceptors (Lipinski definition) is 6. The molecule has 1 amide bonds. The Bertz CT molecular complexity index is 1030. The van der Waals surface area contributed by atoms with Crippen LogP contribution in [0.2, 0.25) is 0 Å². The second-order valence-corrected chi connectivity index (χ2v) is 12.1. The maximum absolute atomic E-state index is 12.9. The van der Waals surface area contributed by atoms with Crippen molar-refractivity contribution in [3.05, 3.63) is 47.3 Å². The number of piperazine rings is 1. The van der Waals surface area contributed by atoms with Gasteiger partial charge in [-0.05, 0) is 62.3 Å². The third-order valence-electron chi connectivity index (χ3n) is 6.57. The maximum Gasteiger partial charge on any atom is 0.253 e. The Labute approximate surface area is 201 Å². The van der Waals surface area contributed by atoms with Crippen molar-refractivity contribution >= 4 is 33.0 Å². The summed E-state index contributed by atoms with van der Waals surface area (Å²) in [4.78, 5) is 17.8. The Morgan fingerprint density at radius 2 is 1.94 bits per heavy atom. The molecule has 2 aromatic rings. The van der Waals surface area contributed by atoms with Crippen molar-refractivity contribution < 1.29 is 13.2 Å². The molecule has 4 rings (SSSR count). The number of carbonyl (C=O) groups is 1. The predicted octanol–water partition coefficient (Wildman–Crippen LogP) is 2.93. The molecule has 1 aromatic carbocycles. The summed E-state index contributed by atoms with van der Waals surface area (Å²) < 4.78 is 27.5. The maximum atomic E-state index is 12.9. The number of sulfonamides is 1. The first kappa shape index (κ1) is 24.2. The first-order valence-electron chi connectivity index (χ1n) is 11.7. The molecule has 0 aliphatic carbocycles. The monoisotopic (exact) mass is 490 g/mol. The Kier molecular flexibility index (Phi) is 7.73. The third kappa shape index (κ3) is 5.77. The van der Waals surface area contributed by atoms with Crippen molar-refractivity contribution in [1.29, 1.82) is 0 Å². The first-order chi connectivity index (χ1) is 15.8. The van der Waals surface area contributed by atoms with Crippen LogP contribution in [0.4, 0.5) is 5.69 Å². The van der Waals surface area contributed by atoms with Crippen molar-refractivity contribution in [3.8, 4) is 0 Å². The molecule has 2 saturated heterocycles. The number of benzene rings is 1. The van der Waals surface area contributed by atoms with E-state index in [0.717, 1.165) is 39.1 Å². The first-order valence-corrected chi connectivity index (χ1v) is 14.1. The lowest BCUT2D eigenvalue weighted by Gasteiger charge is -2.36. The standard InChI is InChI=1S/C24H34N4O3S2/c1-19-6-3-7-21(18-19)27-15-13-26(14-16-27)12-10-20(2)25-24(29)22-8-4-11-28(22)33(30,31)23-9-5-17-32-23/h3,5-7,9,17-18,20,22H,4,8,10-16H2,1-2H3,(H,25,29). The summed E-state index contributed by atoms with van der Waals surface area (Å²) in [6.45, 7) is 9.46. The number of hydrogen-bond donors (Lipinski definition) is 1. The van der Waals surface area contributed by atoms with Crippen LogP contribution in [0, 0.1) is 6.92 Å². The van der Waals surface area contributed by atoms with E-state index in [-0.39, 0.29) is 11.9 Å². The van der Waals surface area contributed by atoms with E-state index >= 15 is 0 Å². The predicted molar refractivity (Wildman–Crippen MR) is 133 cm³/mol. The van der Waals surface area contributed by atoms with Gasteiger partial charge in [-0.3, -0.25) is 9.69 Å². The van der Waals surface area contributed by atoms with E-state index in [0.29, 0.717) is 23.6 Å². The topological polar surface area (TPSA) is 73.0 Å². The number of anilines is 1. The summed E-state index contributed by atoms with van der Waals surface area (Å²) in [7, 11) is -3.61. The molecule has 2 aliphatic rings. The Morgan fingerprint density at radius 1 is 1.15 bits per heavy atom. The highest BCUT2D eigenvalue weighted by atomic mass is 32.2. The second kappa shape index (κ2) is 10.5. The number of carbonyl (C=O) groups excluding carboxylic acids is 1. The van der Waals surface area contributed by atoms with Gasteiger partial charge in [-0.25, -0.2) is 8.42 Å². The number of nitrogens with zero attached hydrogens (tertiary/aromatic N) is 3. The van der Waals surface area contributed by atoms with Crippen LogP contribution in [0.5, 0.6) is 0 Å². The largest absolute Gasteiger partial charge is 0.369 e. The van der Waals surface area contributed by atoms with Crippen molar-refractivity contribution in [2.45, 2.75) is 49.4 Å². The number of aryl methyl sites for hydroxylation is 1. The normalized spacial score (nSPS) is 21.3. The smallest absolute Gasteiger partial charge is 0.253 e. The van der Waals surface area contributed by atoms with Crippen LogP contribution >= 0.6 is 11.3 Å². The van der Waals surface area contributed by atoms with E-state index in [4.69, 9.17) is 0 Å². The summed E-state index contributed by atoms with van der Waals surface area (Å²) in [5.41, 5.74) is 2.57. The molecule has 9 heteroatoms. The van der Waals surface area contributed by atoms with Gasteiger partial charge in [0.2, 0.25) is 5.91 Å². The van der Waals surface area contributed by atoms with E-state index in [1.165, 1.54) is 26.9 Å². The van der Waals surface area contributed by atoms with Crippen LogP contribution < -0.4 is 10.2 Å². The van der Waals surface area contributed by atoms with Crippen LogP contribution in [0.15, 0.2) is 46.0 Å². The number of thiophene rings is 1. The van der Waals surface area contributed by atoms with Crippen LogP contribution in [0.3, 0.4) is 0 Å². The van der Waals surface area contributed by atoms with Gasteiger partial charge in [0, 0.05) is 51.0 Å². The highest BCUT2D eigenvalue weighted by Gasteiger charge is 2.40. The minimum Gasteiger partial charge on any atom is -0.369 e. The molecule has 2 aliphatic heterocycles. The average Bonchev–Trinajstić information content (AvgIpc) is 3.51. The van der Waals surface area contributed by atoms with Gasteiger partial charge in [0.05, 0.1) is 0 Å². The van der Waals surface area contributed by atoms with Crippen molar-refractivity contribution in [2.75, 3.05) is 44.2 Å². The van der Waals surface area contributed by atoms with Crippen molar-refractivity contribution in [3.63, 3.8) is 0 Å². The Balaban J connectivity index is 1.24. The molecule has 2 atom stereocenters. The summed E-state index contributed by atoms with van der Waals surface area (Å²) in [5, 5.41) is 4.82. The molecular formula is C24H34N4O3S2. The second-order valence-electron chi connectivity index (χ2n) is 9.07. The fourth-order valence-electron chi connectivity index (χ4n) is 4.66. The number of nitrogens with one attached hydrogen (secondary N) is 1. The summed E-state index contributed by atoms with van der Waals surface area (Å²) >= 11 is 1.20. The molecule has 0 saturated carbocycles. The van der Waals surface area contributed by atoms with Gasteiger partial charge in [0.15, 0.2) is 0 Å². The zero-order chi connectivity index (χ0) is 23.4. The lowest BCUT2D eigenvalue weighted by molar-refractivity contribution is -0.124. The lowest BCUT2D eigenvalue weighted by Crippen LogP contribution is -2.50. The highest BCUT2D eigenvalue weighted by Crippen LogP contribution is 2.28. The van der Waals surface area contributed by atoms with Crippen molar-refractivity contribution in [2.24, 2.45) is 0 Å². The molecular weight excluding hydrogens is 456 g/mol. The average molecular weight is 491 g/mol. The molecule has 0 bridgehead atoms. The van der Waals surface area contributed by atoms with E-state index < -0.39 is 16.1 Å². The van der Waals surface area contributed by atoms with Crippen molar-refractivity contribution in [1.82, 2.24) is 14.5 Å². The molecule has 2 unspecified atom stereocenters. The molecule has 0 spiro atoms. The van der Waals surface area contributed by atoms with E-state index in [1.807, 2.05) is 6.92 Å². The van der Waals surface area contributed by atoms with Crippen LogP contribution in [-0.2, 0) is 14.8 Å². The van der Waals surface area contributed by atoms with Gasteiger partial charge in [0.25, 0.3) is 10.0 Å². The van der Waals surface area contributed by atoms with Gasteiger partial charge >= 0.3 is 0 Å². The minimum absolute atomic E-state index is 0.000746. The molecule has 1 N–H and O–H groups in total. The minimum atomic E-state index is -3.61. The highest BCUT2D eigenvalue weighted by molar-refractivity contribution is 7.91. The van der Waals surface area contributed by atoms with E-state index in [9.17, 15) is 13.2 Å². The van der Waals surface area contributed by atoms with Gasteiger partial charge < -0.3 is 10.2 Å². The SMILES string of the molecule is Cc1cccc(N2CCN(CCC(C)NC(=O)C3CCCN3S(=O)(=O)c3cccs3)CC2)c1. The number of rotatable bonds is 8. The quantitative estimate of drug-likeness (QED) is 0.616. The van der Waals surface area contributed by atoms with Crippen LogP contribution in [-0.4, -0.2) is 74.9 Å². The fraction of sp³-hybridized carbons (Fsp3) is 0.542. The molecule has 33 heavy (non-hydrogen) atoms. The molecule has 2 fully saturated rings. The van der Waals surface area contributed by atoms with E-state index in [1.54, 1.807) is 17.5 Å². The van der Waals surface area contributed by atoms with Crippen LogP contribution in [0.1, 0.15) is 31.7 Å². The third-order valence-corrected chi connectivity index (χ3v) is 9.85. The van der Waals surface area contributed by atoms with Gasteiger partial charge in [0.1, 0.15) is 10.3 Å². The fourth-order valence-corrected chi connectivity index (χ4v) is 7.43. The zero-order valence-electron chi connectivity index (χ0n) is 19.4. The molecule has 7 nitrogen and oxygen atoms in total. The Morgan fingerprint density at radius 3 is 2.64 bits per heavy atom. The molecule has 1 aromatic heterocycles. The molecule has 180 valence electrons. The lowest BCUT2D eigenvalue weighted by atomic mass is 10.1. The Hall–Kier alpha value is -1.94.